The Kier molecular flexibility index (Phi) is 4.77. The Balaban J connectivity index is 2.14. The van der Waals surface area contributed by atoms with Crippen molar-refractivity contribution in [1.82, 2.24) is 19.7 Å². The lowest BCUT2D eigenvalue weighted by Gasteiger charge is -2.24. The molecule has 0 saturated carbocycles. The molecular formula is C14H20N4OS. The van der Waals surface area contributed by atoms with Crippen LogP contribution in [0.25, 0.3) is 11.4 Å². The van der Waals surface area contributed by atoms with Crippen molar-refractivity contribution in [2.75, 3.05) is 5.75 Å². The normalized spacial score (nSPS) is 11.8. The summed E-state index contributed by atoms with van der Waals surface area (Å²) in [5.74, 6) is 1.41. The fourth-order valence-electron chi connectivity index (χ4n) is 1.84. The SMILES string of the molecule is CCC(O)(CC)CSc1nnc(-c2cccnc2)n1C. The summed E-state index contributed by atoms with van der Waals surface area (Å²) in [6.45, 7) is 4.00. The molecule has 0 saturated heterocycles. The Morgan fingerprint density at radius 3 is 2.65 bits per heavy atom. The summed E-state index contributed by atoms with van der Waals surface area (Å²) in [4.78, 5) is 4.10. The highest BCUT2D eigenvalue weighted by Crippen LogP contribution is 2.27. The first-order valence-corrected chi connectivity index (χ1v) is 7.73. The van der Waals surface area contributed by atoms with Crippen LogP contribution in [0.3, 0.4) is 0 Å². The number of nitrogens with zero attached hydrogens (tertiary/aromatic N) is 4. The summed E-state index contributed by atoms with van der Waals surface area (Å²) in [7, 11) is 1.93. The van der Waals surface area contributed by atoms with E-state index in [2.05, 4.69) is 15.2 Å². The maximum Gasteiger partial charge on any atom is 0.191 e. The maximum atomic E-state index is 10.3. The van der Waals surface area contributed by atoms with E-state index in [0.29, 0.717) is 5.75 Å². The van der Waals surface area contributed by atoms with Crippen LogP contribution < -0.4 is 0 Å². The number of hydrogen-bond acceptors (Lipinski definition) is 5. The fourth-order valence-corrected chi connectivity index (χ4v) is 3.02. The molecule has 2 heterocycles. The molecule has 0 aliphatic heterocycles. The second-order valence-corrected chi connectivity index (χ2v) is 5.77. The average Bonchev–Trinajstić information content (AvgIpc) is 2.87. The van der Waals surface area contributed by atoms with Crippen molar-refractivity contribution in [3.05, 3.63) is 24.5 Å². The molecule has 108 valence electrons. The van der Waals surface area contributed by atoms with Crippen LogP contribution in [0.5, 0.6) is 0 Å². The summed E-state index contributed by atoms with van der Waals surface area (Å²) in [6, 6.07) is 3.84. The van der Waals surface area contributed by atoms with Crippen molar-refractivity contribution >= 4 is 11.8 Å². The Hall–Kier alpha value is -1.40. The first-order valence-electron chi connectivity index (χ1n) is 6.74. The van der Waals surface area contributed by atoms with Gasteiger partial charge in [0.15, 0.2) is 11.0 Å². The van der Waals surface area contributed by atoms with Gasteiger partial charge in [0.2, 0.25) is 0 Å². The van der Waals surface area contributed by atoms with Crippen LogP contribution in [-0.2, 0) is 7.05 Å². The number of rotatable bonds is 6. The highest BCUT2D eigenvalue weighted by Gasteiger charge is 2.23. The minimum absolute atomic E-state index is 0.624. The monoisotopic (exact) mass is 292 g/mol. The van der Waals surface area contributed by atoms with Crippen molar-refractivity contribution in [2.24, 2.45) is 7.05 Å². The number of thioether (sulfide) groups is 1. The number of aromatic nitrogens is 4. The van der Waals surface area contributed by atoms with Crippen LogP contribution in [0.15, 0.2) is 29.7 Å². The average molecular weight is 292 g/mol. The first kappa shape index (κ1) is 15.0. The minimum atomic E-state index is -0.634. The Labute approximate surface area is 123 Å². The van der Waals surface area contributed by atoms with E-state index in [1.165, 1.54) is 11.8 Å². The van der Waals surface area contributed by atoms with E-state index in [-0.39, 0.29) is 0 Å². The van der Waals surface area contributed by atoms with E-state index >= 15 is 0 Å². The summed E-state index contributed by atoms with van der Waals surface area (Å²) < 4.78 is 1.94. The Morgan fingerprint density at radius 2 is 2.05 bits per heavy atom. The second-order valence-electron chi connectivity index (χ2n) is 4.83. The summed E-state index contributed by atoms with van der Waals surface area (Å²) in [5.41, 5.74) is 0.307. The third-order valence-corrected chi connectivity index (χ3v) is 4.84. The van der Waals surface area contributed by atoms with Crippen LogP contribution in [0, 0.1) is 0 Å². The van der Waals surface area contributed by atoms with Gasteiger partial charge in [-0.15, -0.1) is 10.2 Å². The second kappa shape index (κ2) is 6.37. The van der Waals surface area contributed by atoms with E-state index in [1.807, 2.05) is 37.6 Å². The highest BCUT2D eigenvalue weighted by molar-refractivity contribution is 7.99. The molecule has 2 rings (SSSR count). The van der Waals surface area contributed by atoms with Gasteiger partial charge in [-0.3, -0.25) is 4.98 Å². The third kappa shape index (κ3) is 3.19. The van der Waals surface area contributed by atoms with E-state index < -0.39 is 5.60 Å². The Morgan fingerprint density at radius 1 is 1.30 bits per heavy atom. The molecule has 0 spiro atoms. The van der Waals surface area contributed by atoms with Gasteiger partial charge in [-0.1, -0.05) is 25.6 Å². The molecule has 20 heavy (non-hydrogen) atoms. The predicted octanol–water partition coefficient (Wildman–Crippen LogP) is 2.52. The van der Waals surface area contributed by atoms with Crippen molar-refractivity contribution in [2.45, 2.75) is 37.4 Å². The quantitative estimate of drug-likeness (QED) is 0.829. The molecule has 0 amide bonds. The maximum absolute atomic E-state index is 10.3. The smallest absolute Gasteiger partial charge is 0.191 e. The molecule has 6 heteroatoms. The standard InChI is InChI=1S/C14H20N4OS/c1-4-14(19,5-2)10-20-13-17-16-12(18(13)3)11-7-6-8-15-9-11/h6-9,19H,4-5,10H2,1-3H3. The molecule has 5 nitrogen and oxygen atoms in total. The number of hydrogen-bond donors (Lipinski definition) is 1. The molecule has 0 bridgehead atoms. The Bertz CT molecular complexity index is 552. The van der Waals surface area contributed by atoms with Crippen LogP contribution in [-0.4, -0.2) is 36.2 Å². The molecule has 2 aromatic rings. The van der Waals surface area contributed by atoms with Gasteiger partial charge < -0.3 is 9.67 Å². The van der Waals surface area contributed by atoms with Gasteiger partial charge in [0.25, 0.3) is 0 Å². The molecular weight excluding hydrogens is 272 g/mol. The third-order valence-electron chi connectivity index (χ3n) is 3.54. The van der Waals surface area contributed by atoms with Gasteiger partial charge in [0, 0.05) is 30.8 Å². The topological polar surface area (TPSA) is 63.8 Å². The van der Waals surface area contributed by atoms with Gasteiger partial charge in [-0.05, 0) is 25.0 Å². The van der Waals surface area contributed by atoms with E-state index in [4.69, 9.17) is 0 Å². The number of aliphatic hydroxyl groups is 1. The van der Waals surface area contributed by atoms with Crippen LogP contribution in [0.2, 0.25) is 0 Å². The zero-order valence-corrected chi connectivity index (χ0v) is 12.9. The van der Waals surface area contributed by atoms with E-state index in [9.17, 15) is 5.11 Å². The summed E-state index contributed by atoms with van der Waals surface area (Å²) in [6.07, 6.45) is 4.98. The van der Waals surface area contributed by atoms with E-state index in [0.717, 1.165) is 29.4 Å². The van der Waals surface area contributed by atoms with Crippen molar-refractivity contribution in [3.63, 3.8) is 0 Å². The van der Waals surface area contributed by atoms with Gasteiger partial charge in [-0.2, -0.15) is 0 Å². The minimum Gasteiger partial charge on any atom is -0.389 e. The lowest BCUT2D eigenvalue weighted by Crippen LogP contribution is -2.29. The number of pyridine rings is 1. The lowest BCUT2D eigenvalue weighted by atomic mass is 10.0. The fraction of sp³-hybridized carbons (Fsp3) is 0.500. The van der Waals surface area contributed by atoms with E-state index in [1.54, 1.807) is 12.4 Å². The van der Waals surface area contributed by atoms with Crippen LogP contribution in [0.4, 0.5) is 0 Å². The molecule has 0 fully saturated rings. The molecule has 0 atom stereocenters. The molecule has 0 radical (unpaired) electrons. The molecule has 0 aliphatic carbocycles. The van der Waals surface area contributed by atoms with Gasteiger partial charge >= 0.3 is 0 Å². The molecule has 0 unspecified atom stereocenters. The zero-order chi connectivity index (χ0) is 14.6. The first-order chi connectivity index (χ1) is 9.59. The largest absolute Gasteiger partial charge is 0.389 e. The van der Waals surface area contributed by atoms with Gasteiger partial charge in [0.05, 0.1) is 5.60 Å². The molecule has 1 N–H and O–H groups in total. The van der Waals surface area contributed by atoms with Gasteiger partial charge in [-0.25, -0.2) is 0 Å². The summed E-state index contributed by atoms with van der Waals surface area (Å²) >= 11 is 1.54. The van der Waals surface area contributed by atoms with Crippen LogP contribution in [0.1, 0.15) is 26.7 Å². The zero-order valence-electron chi connectivity index (χ0n) is 12.1. The lowest BCUT2D eigenvalue weighted by molar-refractivity contribution is 0.0571. The molecule has 2 aromatic heterocycles. The molecule has 0 aliphatic rings. The highest BCUT2D eigenvalue weighted by atomic mass is 32.2. The molecule has 0 aromatic carbocycles. The van der Waals surface area contributed by atoms with Crippen LogP contribution >= 0.6 is 11.8 Å². The van der Waals surface area contributed by atoms with Crippen molar-refractivity contribution in [3.8, 4) is 11.4 Å². The van der Waals surface area contributed by atoms with Crippen molar-refractivity contribution in [1.29, 1.82) is 0 Å². The van der Waals surface area contributed by atoms with Gasteiger partial charge in [0.1, 0.15) is 0 Å². The van der Waals surface area contributed by atoms with Crippen molar-refractivity contribution < 1.29 is 5.11 Å². The summed E-state index contributed by atoms with van der Waals surface area (Å²) in [5, 5.41) is 19.5. The predicted molar refractivity (Wildman–Crippen MR) is 80.5 cm³/mol.